The number of carbonyl (C=O) groups excluding carboxylic acids is 3. The molecule has 7 nitrogen and oxygen atoms in total. The molecule has 1 N–H and O–H groups in total. The minimum Gasteiger partial charge on any atom is -0.496 e. The Morgan fingerprint density at radius 1 is 1.03 bits per heavy atom. The van der Waals surface area contributed by atoms with Gasteiger partial charge in [-0.2, -0.15) is 0 Å². The van der Waals surface area contributed by atoms with Gasteiger partial charge in [-0.05, 0) is 68.4 Å². The zero-order valence-corrected chi connectivity index (χ0v) is 18.2. The Labute approximate surface area is 186 Å². The number of piperidine rings is 1. The first-order valence-electron chi connectivity index (χ1n) is 10.5. The maximum Gasteiger partial charge on any atom is 0.337 e. The number of amides is 1. The Morgan fingerprint density at radius 3 is 2.31 bits per heavy atom. The molecule has 1 saturated heterocycles. The molecule has 1 heterocycles. The number of halogens is 1. The SMILES string of the molecule is COC(=O)c1ccc(OC)c(C(=O)NCCN2CCC(C(=O)c3ccc(F)cc3)CC2)c1. The van der Waals surface area contributed by atoms with E-state index in [0.717, 1.165) is 25.9 Å². The predicted molar refractivity (Wildman–Crippen MR) is 117 cm³/mol. The number of nitrogens with zero attached hydrogens (tertiary/aromatic N) is 1. The van der Waals surface area contributed by atoms with E-state index in [4.69, 9.17) is 9.47 Å². The standard InChI is InChI=1S/C24H27FN2O5/c1-31-21-8-5-18(24(30)32-2)15-20(21)23(29)26-11-14-27-12-9-17(10-13-27)22(28)16-3-6-19(25)7-4-16/h3-8,15,17H,9-14H2,1-2H3,(H,26,29). The van der Waals surface area contributed by atoms with Crippen molar-refractivity contribution in [1.82, 2.24) is 10.2 Å². The molecule has 8 heteroatoms. The molecule has 0 unspecified atom stereocenters. The highest BCUT2D eigenvalue weighted by Gasteiger charge is 2.26. The summed E-state index contributed by atoms with van der Waals surface area (Å²) in [5, 5.41) is 2.86. The van der Waals surface area contributed by atoms with Crippen LogP contribution in [0.4, 0.5) is 4.39 Å². The summed E-state index contributed by atoms with van der Waals surface area (Å²) in [6.07, 6.45) is 1.44. The molecule has 2 aromatic carbocycles. The smallest absolute Gasteiger partial charge is 0.337 e. The molecule has 0 aliphatic carbocycles. The second kappa shape index (κ2) is 10.9. The molecule has 32 heavy (non-hydrogen) atoms. The summed E-state index contributed by atoms with van der Waals surface area (Å²) in [4.78, 5) is 39.1. The average molecular weight is 442 g/mol. The predicted octanol–water partition coefficient (Wildman–Crippen LogP) is 2.95. The molecular formula is C24H27FN2O5. The van der Waals surface area contributed by atoms with Crippen molar-refractivity contribution in [2.45, 2.75) is 12.8 Å². The summed E-state index contributed by atoms with van der Waals surface area (Å²) >= 11 is 0. The number of Topliss-reactive ketones (excluding diaryl/α,β-unsaturated/α-hetero) is 1. The Balaban J connectivity index is 1.48. The van der Waals surface area contributed by atoms with Crippen molar-refractivity contribution in [1.29, 1.82) is 0 Å². The average Bonchev–Trinajstić information content (AvgIpc) is 2.83. The topological polar surface area (TPSA) is 84.9 Å². The maximum atomic E-state index is 13.1. The number of benzene rings is 2. The lowest BCUT2D eigenvalue weighted by Gasteiger charge is -2.31. The molecule has 0 spiro atoms. The van der Waals surface area contributed by atoms with Crippen LogP contribution >= 0.6 is 0 Å². The molecule has 0 bridgehead atoms. The number of hydrogen-bond donors (Lipinski definition) is 1. The quantitative estimate of drug-likeness (QED) is 0.500. The minimum absolute atomic E-state index is 0.0514. The number of esters is 1. The fourth-order valence-corrected chi connectivity index (χ4v) is 3.82. The fraction of sp³-hybridized carbons (Fsp3) is 0.375. The zero-order chi connectivity index (χ0) is 23.1. The van der Waals surface area contributed by atoms with Crippen LogP contribution in [0.25, 0.3) is 0 Å². The Morgan fingerprint density at radius 2 is 1.69 bits per heavy atom. The highest BCUT2D eigenvalue weighted by molar-refractivity contribution is 6.00. The van der Waals surface area contributed by atoms with Crippen LogP contribution in [-0.2, 0) is 4.74 Å². The minimum atomic E-state index is -0.528. The van der Waals surface area contributed by atoms with E-state index in [1.54, 1.807) is 12.1 Å². The van der Waals surface area contributed by atoms with Crippen LogP contribution in [0.1, 0.15) is 43.9 Å². The lowest BCUT2D eigenvalue weighted by Crippen LogP contribution is -2.41. The van der Waals surface area contributed by atoms with Gasteiger partial charge in [-0.25, -0.2) is 9.18 Å². The number of methoxy groups -OCH3 is 2. The lowest BCUT2D eigenvalue weighted by molar-refractivity contribution is 0.0600. The van der Waals surface area contributed by atoms with Gasteiger partial charge in [0.25, 0.3) is 5.91 Å². The van der Waals surface area contributed by atoms with Crippen LogP contribution in [0.3, 0.4) is 0 Å². The molecule has 0 radical (unpaired) electrons. The second-order valence-corrected chi connectivity index (χ2v) is 7.65. The van der Waals surface area contributed by atoms with Gasteiger partial charge in [0.2, 0.25) is 0 Å². The van der Waals surface area contributed by atoms with E-state index in [0.29, 0.717) is 24.4 Å². The number of ketones is 1. The molecule has 1 fully saturated rings. The van der Waals surface area contributed by atoms with Crippen molar-refractivity contribution in [2.24, 2.45) is 5.92 Å². The number of hydrogen-bond acceptors (Lipinski definition) is 6. The van der Waals surface area contributed by atoms with Gasteiger partial charge in [-0.1, -0.05) is 0 Å². The molecule has 0 aromatic heterocycles. The highest BCUT2D eigenvalue weighted by atomic mass is 19.1. The third-order valence-corrected chi connectivity index (χ3v) is 5.67. The first kappa shape index (κ1) is 23.4. The van der Waals surface area contributed by atoms with Crippen LogP contribution in [0.2, 0.25) is 0 Å². The van der Waals surface area contributed by atoms with Gasteiger partial charge in [0.15, 0.2) is 5.78 Å². The molecule has 1 aliphatic heterocycles. The van der Waals surface area contributed by atoms with Crippen LogP contribution in [-0.4, -0.2) is 63.0 Å². The number of carbonyl (C=O) groups is 3. The van der Waals surface area contributed by atoms with Crippen LogP contribution in [0.5, 0.6) is 5.75 Å². The first-order valence-corrected chi connectivity index (χ1v) is 10.5. The normalized spacial score (nSPS) is 14.6. The van der Waals surface area contributed by atoms with Crippen molar-refractivity contribution in [3.8, 4) is 5.75 Å². The van der Waals surface area contributed by atoms with Crippen molar-refractivity contribution in [3.05, 3.63) is 65.0 Å². The van der Waals surface area contributed by atoms with Crippen LogP contribution in [0, 0.1) is 11.7 Å². The van der Waals surface area contributed by atoms with Crippen molar-refractivity contribution >= 4 is 17.7 Å². The first-order chi connectivity index (χ1) is 15.4. The summed E-state index contributed by atoms with van der Waals surface area (Å²) in [5.41, 5.74) is 1.07. The van der Waals surface area contributed by atoms with Crippen molar-refractivity contribution < 1.29 is 28.2 Å². The zero-order valence-electron chi connectivity index (χ0n) is 18.2. The van der Waals surface area contributed by atoms with Gasteiger partial charge < -0.3 is 19.7 Å². The Hall–Kier alpha value is -3.26. The Bertz CT molecular complexity index is 969. The van der Waals surface area contributed by atoms with E-state index in [1.165, 1.54) is 44.6 Å². The van der Waals surface area contributed by atoms with E-state index in [9.17, 15) is 18.8 Å². The van der Waals surface area contributed by atoms with E-state index in [2.05, 4.69) is 10.2 Å². The van der Waals surface area contributed by atoms with Gasteiger partial charge >= 0.3 is 5.97 Å². The third-order valence-electron chi connectivity index (χ3n) is 5.67. The van der Waals surface area contributed by atoms with Gasteiger partial charge in [0.1, 0.15) is 11.6 Å². The fourth-order valence-electron chi connectivity index (χ4n) is 3.82. The van der Waals surface area contributed by atoms with Gasteiger partial charge in [-0.3, -0.25) is 9.59 Å². The van der Waals surface area contributed by atoms with Crippen molar-refractivity contribution in [2.75, 3.05) is 40.4 Å². The largest absolute Gasteiger partial charge is 0.496 e. The summed E-state index contributed by atoms with van der Waals surface area (Å²) in [6.45, 7) is 2.55. The highest BCUT2D eigenvalue weighted by Crippen LogP contribution is 2.22. The molecule has 0 saturated carbocycles. The number of likely N-dealkylation sites (tertiary alicyclic amines) is 1. The summed E-state index contributed by atoms with van der Waals surface area (Å²) in [6, 6.07) is 10.2. The number of ether oxygens (including phenoxy) is 2. The summed E-state index contributed by atoms with van der Waals surface area (Å²) in [7, 11) is 2.74. The molecule has 2 aromatic rings. The number of rotatable bonds is 8. The lowest BCUT2D eigenvalue weighted by atomic mass is 9.89. The van der Waals surface area contributed by atoms with Crippen LogP contribution < -0.4 is 10.1 Å². The van der Waals surface area contributed by atoms with E-state index < -0.39 is 5.97 Å². The molecule has 1 amide bonds. The van der Waals surface area contributed by atoms with E-state index >= 15 is 0 Å². The monoisotopic (exact) mass is 442 g/mol. The van der Waals surface area contributed by atoms with E-state index in [1.807, 2.05) is 0 Å². The number of nitrogens with one attached hydrogen (secondary N) is 1. The summed E-state index contributed by atoms with van der Waals surface area (Å²) in [5.74, 6) is -0.871. The van der Waals surface area contributed by atoms with E-state index in [-0.39, 0.29) is 34.6 Å². The molecule has 3 rings (SSSR count). The molecule has 170 valence electrons. The second-order valence-electron chi connectivity index (χ2n) is 7.65. The van der Waals surface area contributed by atoms with Crippen molar-refractivity contribution in [3.63, 3.8) is 0 Å². The van der Waals surface area contributed by atoms with Crippen LogP contribution in [0.15, 0.2) is 42.5 Å². The van der Waals surface area contributed by atoms with Gasteiger partial charge in [-0.15, -0.1) is 0 Å². The molecule has 0 atom stereocenters. The Kier molecular flexibility index (Phi) is 7.94. The van der Waals surface area contributed by atoms with Gasteiger partial charge in [0, 0.05) is 24.6 Å². The van der Waals surface area contributed by atoms with Gasteiger partial charge in [0.05, 0.1) is 25.3 Å². The maximum absolute atomic E-state index is 13.1. The molecule has 1 aliphatic rings. The third kappa shape index (κ3) is 5.70. The summed E-state index contributed by atoms with van der Waals surface area (Å²) < 4.78 is 23.0. The molecular weight excluding hydrogens is 415 g/mol.